The highest BCUT2D eigenvalue weighted by molar-refractivity contribution is 9.09. The standard InChI is InChI=1S/C19H30BrCl/c1-2-3-4-5-6-7-8-9-10-13-18(20)15-17-12-11-14-19(21)16-17/h11-12,14,16,18H,2-10,13,15H2,1H3. The molecule has 0 heterocycles. The monoisotopic (exact) mass is 372 g/mol. The molecule has 1 aromatic carbocycles. The van der Waals surface area contributed by atoms with E-state index in [1.165, 1.54) is 69.8 Å². The number of alkyl halides is 1. The Morgan fingerprint density at radius 2 is 1.57 bits per heavy atom. The highest BCUT2D eigenvalue weighted by Crippen LogP contribution is 2.19. The number of rotatable bonds is 12. The number of benzene rings is 1. The van der Waals surface area contributed by atoms with Crippen molar-refractivity contribution in [1.82, 2.24) is 0 Å². The largest absolute Gasteiger partial charge is 0.0887 e. The molecule has 2 heteroatoms. The van der Waals surface area contributed by atoms with E-state index in [4.69, 9.17) is 11.6 Å². The summed E-state index contributed by atoms with van der Waals surface area (Å²) < 4.78 is 0. The van der Waals surface area contributed by atoms with Crippen molar-refractivity contribution in [2.45, 2.75) is 82.4 Å². The molecule has 0 fully saturated rings. The van der Waals surface area contributed by atoms with Crippen LogP contribution in [0.4, 0.5) is 0 Å². The number of unbranched alkanes of at least 4 members (excludes halogenated alkanes) is 8. The van der Waals surface area contributed by atoms with Crippen LogP contribution in [0.25, 0.3) is 0 Å². The van der Waals surface area contributed by atoms with E-state index in [0.717, 1.165) is 11.4 Å². The van der Waals surface area contributed by atoms with Crippen LogP contribution in [0.5, 0.6) is 0 Å². The molecule has 0 aliphatic rings. The van der Waals surface area contributed by atoms with Crippen molar-refractivity contribution in [3.05, 3.63) is 34.9 Å². The average Bonchev–Trinajstić information content (AvgIpc) is 2.45. The molecule has 0 spiro atoms. The van der Waals surface area contributed by atoms with Gasteiger partial charge in [0.2, 0.25) is 0 Å². The summed E-state index contributed by atoms with van der Waals surface area (Å²) in [5.41, 5.74) is 1.33. The molecule has 0 saturated heterocycles. The van der Waals surface area contributed by atoms with Gasteiger partial charge in [0.15, 0.2) is 0 Å². The molecular formula is C19H30BrCl. The molecule has 120 valence electrons. The van der Waals surface area contributed by atoms with Crippen molar-refractivity contribution >= 4 is 27.5 Å². The van der Waals surface area contributed by atoms with Crippen LogP contribution < -0.4 is 0 Å². The van der Waals surface area contributed by atoms with Crippen molar-refractivity contribution in [2.24, 2.45) is 0 Å². The predicted octanol–water partition coefficient (Wildman–Crippen LogP) is 7.57. The van der Waals surface area contributed by atoms with Gasteiger partial charge in [-0.2, -0.15) is 0 Å². The van der Waals surface area contributed by atoms with E-state index in [0.29, 0.717) is 4.83 Å². The molecule has 0 aliphatic heterocycles. The van der Waals surface area contributed by atoms with Crippen molar-refractivity contribution in [2.75, 3.05) is 0 Å². The normalized spacial score (nSPS) is 12.5. The first-order valence-corrected chi connectivity index (χ1v) is 9.90. The minimum Gasteiger partial charge on any atom is -0.0887 e. The van der Waals surface area contributed by atoms with E-state index < -0.39 is 0 Å². The first-order valence-electron chi connectivity index (χ1n) is 8.61. The smallest absolute Gasteiger partial charge is 0.0408 e. The van der Waals surface area contributed by atoms with E-state index in [9.17, 15) is 0 Å². The Labute approximate surface area is 144 Å². The fourth-order valence-corrected chi connectivity index (χ4v) is 3.61. The van der Waals surface area contributed by atoms with Gasteiger partial charge in [0.25, 0.3) is 0 Å². The quantitative estimate of drug-likeness (QED) is 0.262. The van der Waals surface area contributed by atoms with Gasteiger partial charge in [0.05, 0.1) is 0 Å². The van der Waals surface area contributed by atoms with Crippen molar-refractivity contribution in [3.8, 4) is 0 Å². The lowest BCUT2D eigenvalue weighted by Gasteiger charge is -2.10. The molecule has 0 bridgehead atoms. The second-order valence-electron chi connectivity index (χ2n) is 6.05. The Hall–Kier alpha value is -0.0100. The van der Waals surface area contributed by atoms with Crippen LogP contribution >= 0.6 is 27.5 Å². The van der Waals surface area contributed by atoms with Crippen LogP contribution in [0.3, 0.4) is 0 Å². The molecule has 0 radical (unpaired) electrons. The van der Waals surface area contributed by atoms with Crippen LogP contribution in [-0.2, 0) is 6.42 Å². The van der Waals surface area contributed by atoms with E-state index >= 15 is 0 Å². The summed E-state index contributed by atoms with van der Waals surface area (Å²) in [6.07, 6.45) is 14.9. The van der Waals surface area contributed by atoms with Gasteiger partial charge >= 0.3 is 0 Å². The second kappa shape index (κ2) is 12.5. The predicted molar refractivity (Wildman–Crippen MR) is 99.7 cm³/mol. The molecule has 1 aromatic rings. The molecule has 1 unspecified atom stereocenters. The molecular weight excluding hydrogens is 344 g/mol. The Kier molecular flexibility index (Phi) is 11.4. The molecule has 0 aromatic heterocycles. The van der Waals surface area contributed by atoms with Gasteiger partial charge in [0, 0.05) is 9.85 Å². The number of hydrogen-bond donors (Lipinski definition) is 0. The Balaban J connectivity index is 1.97. The molecule has 0 aliphatic carbocycles. The average molecular weight is 374 g/mol. The third-order valence-corrected chi connectivity index (χ3v) is 4.98. The molecule has 0 nitrogen and oxygen atoms in total. The van der Waals surface area contributed by atoms with Crippen molar-refractivity contribution in [3.63, 3.8) is 0 Å². The molecule has 1 atom stereocenters. The number of halogens is 2. The molecule has 0 N–H and O–H groups in total. The van der Waals surface area contributed by atoms with Gasteiger partial charge < -0.3 is 0 Å². The first-order chi connectivity index (χ1) is 10.2. The Morgan fingerprint density at radius 1 is 0.952 bits per heavy atom. The van der Waals surface area contributed by atoms with Gasteiger partial charge in [0.1, 0.15) is 0 Å². The maximum atomic E-state index is 6.02. The van der Waals surface area contributed by atoms with Crippen LogP contribution in [0.2, 0.25) is 5.02 Å². The third kappa shape index (κ3) is 10.4. The van der Waals surface area contributed by atoms with Crippen molar-refractivity contribution < 1.29 is 0 Å². The fraction of sp³-hybridized carbons (Fsp3) is 0.684. The first kappa shape index (κ1) is 19.0. The summed E-state index contributed by atoms with van der Waals surface area (Å²) in [6, 6.07) is 8.22. The van der Waals surface area contributed by atoms with Crippen LogP contribution in [0.15, 0.2) is 24.3 Å². The lowest BCUT2D eigenvalue weighted by molar-refractivity contribution is 0.553. The molecule has 0 saturated carbocycles. The van der Waals surface area contributed by atoms with Gasteiger partial charge in [-0.05, 0) is 30.5 Å². The summed E-state index contributed by atoms with van der Waals surface area (Å²) in [5, 5.41) is 0.843. The SMILES string of the molecule is CCCCCCCCCCCC(Br)Cc1cccc(Cl)c1. The van der Waals surface area contributed by atoms with Crippen LogP contribution in [0.1, 0.15) is 76.7 Å². The summed E-state index contributed by atoms with van der Waals surface area (Å²) in [5.74, 6) is 0. The molecule has 0 amide bonds. The third-order valence-electron chi connectivity index (χ3n) is 3.97. The minimum atomic E-state index is 0.584. The summed E-state index contributed by atoms with van der Waals surface area (Å²) in [4.78, 5) is 0.584. The van der Waals surface area contributed by atoms with E-state index in [-0.39, 0.29) is 0 Å². The molecule has 1 rings (SSSR count). The van der Waals surface area contributed by atoms with Gasteiger partial charge in [-0.3, -0.25) is 0 Å². The Morgan fingerprint density at radius 3 is 2.19 bits per heavy atom. The van der Waals surface area contributed by atoms with Gasteiger partial charge in [-0.25, -0.2) is 0 Å². The second-order valence-corrected chi connectivity index (χ2v) is 7.78. The van der Waals surface area contributed by atoms with Crippen molar-refractivity contribution in [1.29, 1.82) is 0 Å². The van der Waals surface area contributed by atoms with Gasteiger partial charge in [-0.1, -0.05) is 104 Å². The zero-order chi connectivity index (χ0) is 15.3. The fourth-order valence-electron chi connectivity index (χ4n) is 2.70. The Bertz CT molecular complexity index is 364. The maximum Gasteiger partial charge on any atom is 0.0408 e. The summed E-state index contributed by atoms with van der Waals surface area (Å²) in [6.45, 7) is 2.28. The van der Waals surface area contributed by atoms with E-state index in [1.807, 2.05) is 12.1 Å². The summed E-state index contributed by atoms with van der Waals surface area (Å²) in [7, 11) is 0. The minimum absolute atomic E-state index is 0.584. The summed E-state index contributed by atoms with van der Waals surface area (Å²) >= 11 is 9.83. The highest BCUT2D eigenvalue weighted by atomic mass is 79.9. The number of hydrogen-bond acceptors (Lipinski definition) is 0. The zero-order valence-corrected chi connectivity index (χ0v) is 15.8. The lowest BCUT2D eigenvalue weighted by Crippen LogP contribution is -2.02. The van der Waals surface area contributed by atoms with Crippen LogP contribution in [-0.4, -0.2) is 4.83 Å². The lowest BCUT2D eigenvalue weighted by atomic mass is 10.0. The zero-order valence-electron chi connectivity index (χ0n) is 13.4. The maximum absolute atomic E-state index is 6.02. The van der Waals surface area contributed by atoms with Crippen LogP contribution in [0, 0.1) is 0 Å². The van der Waals surface area contributed by atoms with E-state index in [2.05, 4.69) is 35.0 Å². The van der Waals surface area contributed by atoms with Gasteiger partial charge in [-0.15, -0.1) is 0 Å². The molecule has 21 heavy (non-hydrogen) atoms. The van der Waals surface area contributed by atoms with E-state index in [1.54, 1.807) is 0 Å². The topological polar surface area (TPSA) is 0 Å². The highest BCUT2D eigenvalue weighted by Gasteiger charge is 2.05.